The molecule has 0 fully saturated rings. The lowest BCUT2D eigenvalue weighted by Gasteiger charge is -2.09. The molecule has 118 valence electrons. The molecule has 0 atom stereocenters. The Balaban J connectivity index is 1.73. The molecule has 2 rings (SSSR count). The lowest BCUT2D eigenvalue weighted by atomic mass is 10.1. The van der Waals surface area contributed by atoms with E-state index in [4.69, 9.17) is 5.73 Å². The normalized spacial score (nSPS) is 11.9. The number of aromatic nitrogens is 1. The van der Waals surface area contributed by atoms with E-state index in [1.807, 2.05) is 24.3 Å². The first-order chi connectivity index (χ1) is 10.6. The van der Waals surface area contributed by atoms with Gasteiger partial charge in [-0.15, -0.1) is 0 Å². The molecule has 0 aliphatic rings. The van der Waals surface area contributed by atoms with Crippen molar-refractivity contribution in [3.05, 3.63) is 36.4 Å². The number of pyridine rings is 1. The molecule has 0 radical (unpaired) electrons. The van der Waals surface area contributed by atoms with Crippen LogP contribution in [0.3, 0.4) is 0 Å². The third kappa shape index (κ3) is 5.24. The molecule has 0 aliphatic carbocycles. The quantitative estimate of drug-likeness (QED) is 0.417. The van der Waals surface area contributed by atoms with Gasteiger partial charge in [0, 0.05) is 25.0 Å². The van der Waals surface area contributed by atoms with Crippen molar-refractivity contribution in [2.45, 2.75) is 20.3 Å². The van der Waals surface area contributed by atoms with E-state index in [2.05, 4.69) is 46.6 Å². The third-order valence-electron chi connectivity index (χ3n) is 3.32. The van der Waals surface area contributed by atoms with Crippen LogP contribution in [0.25, 0.3) is 10.9 Å². The molecule has 0 aliphatic heterocycles. The lowest BCUT2D eigenvalue weighted by molar-refractivity contribution is 0.595. The van der Waals surface area contributed by atoms with E-state index in [0.717, 1.165) is 36.2 Å². The number of para-hydroxylation sites is 1. The van der Waals surface area contributed by atoms with Crippen LogP contribution in [0, 0.1) is 5.92 Å². The van der Waals surface area contributed by atoms with Crippen molar-refractivity contribution >= 4 is 22.7 Å². The van der Waals surface area contributed by atoms with Crippen molar-refractivity contribution in [2.24, 2.45) is 16.6 Å². The molecule has 0 unspecified atom stereocenters. The van der Waals surface area contributed by atoms with Crippen molar-refractivity contribution < 1.29 is 0 Å². The average Bonchev–Trinajstić information content (AvgIpc) is 2.51. The molecule has 0 bridgehead atoms. The zero-order valence-electron chi connectivity index (χ0n) is 13.3. The van der Waals surface area contributed by atoms with E-state index < -0.39 is 0 Å². The summed E-state index contributed by atoms with van der Waals surface area (Å²) in [5.41, 5.74) is 6.80. The van der Waals surface area contributed by atoms with Crippen LogP contribution >= 0.6 is 0 Å². The van der Waals surface area contributed by atoms with Gasteiger partial charge in [-0.25, -0.2) is 4.98 Å². The van der Waals surface area contributed by atoms with Crippen LogP contribution in [0.1, 0.15) is 20.3 Å². The Morgan fingerprint density at radius 3 is 2.82 bits per heavy atom. The first-order valence-corrected chi connectivity index (χ1v) is 7.78. The van der Waals surface area contributed by atoms with Crippen LogP contribution in [0.15, 0.2) is 41.4 Å². The summed E-state index contributed by atoms with van der Waals surface area (Å²) in [4.78, 5) is 8.85. The lowest BCUT2D eigenvalue weighted by Crippen LogP contribution is -2.35. The summed E-state index contributed by atoms with van der Waals surface area (Å²) in [6.07, 6.45) is 1.06. The van der Waals surface area contributed by atoms with Crippen LogP contribution in [0.5, 0.6) is 0 Å². The number of fused-ring (bicyclic) bond motifs is 1. The first-order valence-electron chi connectivity index (χ1n) is 7.78. The number of hydrogen-bond acceptors (Lipinski definition) is 3. The second-order valence-corrected chi connectivity index (χ2v) is 5.69. The third-order valence-corrected chi connectivity index (χ3v) is 3.32. The van der Waals surface area contributed by atoms with Crippen molar-refractivity contribution in [3.63, 3.8) is 0 Å². The van der Waals surface area contributed by atoms with Gasteiger partial charge in [-0.1, -0.05) is 32.0 Å². The van der Waals surface area contributed by atoms with Gasteiger partial charge in [-0.05, 0) is 30.5 Å². The van der Waals surface area contributed by atoms with Gasteiger partial charge in [0.1, 0.15) is 5.82 Å². The summed E-state index contributed by atoms with van der Waals surface area (Å²) in [5.74, 6) is 2.03. The number of anilines is 1. The summed E-state index contributed by atoms with van der Waals surface area (Å²) in [5, 5.41) is 7.53. The van der Waals surface area contributed by atoms with Crippen molar-refractivity contribution in [1.29, 1.82) is 0 Å². The van der Waals surface area contributed by atoms with Gasteiger partial charge in [0.15, 0.2) is 5.96 Å². The maximum absolute atomic E-state index is 5.81. The Hall–Kier alpha value is -2.30. The largest absolute Gasteiger partial charge is 0.370 e. The highest BCUT2D eigenvalue weighted by Crippen LogP contribution is 2.13. The zero-order chi connectivity index (χ0) is 15.8. The van der Waals surface area contributed by atoms with Gasteiger partial charge in [0.25, 0.3) is 0 Å². The smallest absolute Gasteiger partial charge is 0.188 e. The van der Waals surface area contributed by atoms with Crippen molar-refractivity contribution in [2.75, 3.05) is 25.0 Å². The molecule has 1 aromatic heterocycles. The molecular formula is C17H25N5. The number of nitrogens with one attached hydrogen (secondary N) is 2. The Bertz CT molecular complexity index is 621. The van der Waals surface area contributed by atoms with E-state index in [1.54, 1.807) is 0 Å². The van der Waals surface area contributed by atoms with Gasteiger partial charge in [-0.3, -0.25) is 4.99 Å². The number of benzene rings is 1. The number of hydrogen-bond donors (Lipinski definition) is 3. The molecule has 0 amide bonds. The van der Waals surface area contributed by atoms with Gasteiger partial charge < -0.3 is 16.4 Å². The molecule has 0 saturated carbocycles. The van der Waals surface area contributed by atoms with Crippen LogP contribution in [0.4, 0.5) is 5.82 Å². The van der Waals surface area contributed by atoms with Gasteiger partial charge in [0.2, 0.25) is 0 Å². The minimum atomic E-state index is 0.508. The van der Waals surface area contributed by atoms with Gasteiger partial charge in [-0.2, -0.15) is 0 Å². The van der Waals surface area contributed by atoms with E-state index in [0.29, 0.717) is 18.4 Å². The number of aliphatic imine (C=N–C) groups is 1. The number of guanidine groups is 1. The second-order valence-electron chi connectivity index (χ2n) is 5.69. The Morgan fingerprint density at radius 2 is 2.00 bits per heavy atom. The summed E-state index contributed by atoms with van der Waals surface area (Å²) >= 11 is 0. The summed E-state index contributed by atoms with van der Waals surface area (Å²) in [6, 6.07) is 12.1. The summed E-state index contributed by atoms with van der Waals surface area (Å²) < 4.78 is 0. The standard InChI is InChI=1S/C17H25N5/c1-13(2)9-10-20-17(18)21-12-11-19-16-8-7-14-5-3-4-6-15(14)22-16/h3-8,13H,9-12H2,1-2H3,(H,19,22)(H3,18,20,21). The minimum Gasteiger partial charge on any atom is -0.370 e. The summed E-state index contributed by atoms with van der Waals surface area (Å²) in [7, 11) is 0. The van der Waals surface area contributed by atoms with Crippen LogP contribution in [-0.4, -0.2) is 30.6 Å². The van der Waals surface area contributed by atoms with Crippen LogP contribution < -0.4 is 16.4 Å². The topological polar surface area (TPSA) is 75.3 Å². The van der Waals surface area contributed by atoms with E-state index >= 15 is 0 Å². The second kappa shape index (κ2) is 8.22. The molecular weight excluding hydrogens is 274 g/mol. The summed E-state index contributed by atoms with van der Waals surface area (Å²) in [6.45, 7) is 6.59. The molecule has 4 N–H and O–H groups in total. The highest BCUT2D eigenvalue weighted by Gasteiger charge is 1.98. The molecule has 1 heterocycles. The predicted octanol–water partition coefficient (Wildman–Crippen LogP) is 2.60. The fourth-order valence-electron chi connectivity index (χ4n) is 2.04. The van der Waals surface area contributed by atoms with Crippen molar-refractivity contribution in [3.8, 4) is 0 Å². The van der Waals surface area contributed by atoms with E-state index in [-0.39, 0.29) is 0 Å². The van der Waals surface area contributed by atoms with Gasteiger partial charge >= 0.3 is 0 Å². The SMILES string of the molecule is CC(C)CCN=C(N)NCCNc1ccc2ccccc2n1. The molecule has 0 spiro atoms. The maximum atomic E-state index is 5.81. The molecule has 5 nitrogen and oxygen atoms in total. The molecule has 0 saturated heterocycles. The highest BCUT2D eigenvalue weighted by molar-refractivity contribution is 5.80. The average molecular weight is 299 g/mol. The molecule has 2 aromatic rings. The number of nitrogens with zero attached hydrogens (tertiary/aromatic N) is 2. The fourth-order valence-corrected chi connectivity index (χ4v) is 2.04. The number of rotatable bonds is 7. The Kier molecular flexibility index (Phi) is 6.01. The highest BCUT2D eigenvalue weighted by atomic mass is 15.1. The Labute approximate surface area is 132 Å². The molecule has 5 heteroatoms. The van der Waals surface area contributed by atoms with E-state index in [9.17, 15) is 0 Å². The van der Waals surface area contributed by atoms with Crippen LogP contribution in [-0.2, 0) is 0 Å². The van der Waals surface area contributed by atoms with Gasteiger partial charge in [0.05, 0.1) is 5.52 Å². The first kappa shape index (κ1) is 16.1. The van der Waals surface area contributed by atoms with Crippen LogP contribution in [0.2, 0.25) is 0 Å². The maximum Gasteiger partial charge on any atom is 0.188 e. The fraction of sp³-hybridized carbons (Fsp3) is 0.412. The Morgan fingerprint density at radius 1 is 1.18 bits per heavy atom. The minimum absolute atomic E-state index is 0.508. The monoisotopic (exact) mass is 299 g/mol. The molecule has 1 aromatic carbocycles. The zero-order valence-corrected chi connectivity index (χ0v) is 13.3. The predicted molar refractivity (Wildman–Crippen MR) is 94.2 cm³/mol. The van der Waals surface area contributed by atoms with E-state index in [1.165, 1.54) is 0 Å². The van der Waals surface area contributed by atoms with Crippen molar-refractivity contribution in [1.82, 2.24) is 10.3 Å². The number of nitrogens with two attached hydrogens (primary N) is 1. The molecule has 22 heavy (non-hydrogen) atoms.